The minimum atomic E-state index is -4.46. The second-order valence-electron chi connectivity index (χ2n) is 13.8. The third kappa shape index (κ3) is 7.68. The zero-order valence-corrected chi connectivity index (χ0v) is 30.3. The standard InChI is InChI=1S/C36H47F3N2.2C2H6/c1-25(19-21-40(6)7)35(20-22-41(8)9)31-23-27(33(2,3)4)15-17-29(31)30-18-16-28(24-32(30)35)34(5,36(37,38)39)26-13-11-10-12-14-26;2*1-2/h10-18,23-25H,19-22H2,1-9H3;2*1-2H3. The van der Waals surface area contributed by atoms with Crippen molar-refractivity contribution in [1.82, 2.24) is 9.80 Å². The summed E-state index contributed by atoms with van der Waals surface area (Å²) in [6.45, 7) is 20.1. The molecule has 1 aliphatic rings. The van der Waals surface area contributed by atoms with Crippen LogP contribution >= 0.6 is 0 Å². The van der Waals surface area contributed by atoms with Crippen LogP contribution in [-0.4, -0.2) is 57.3 Å². The van der Waals surface area contributed by atoms with Gasteiger partial charge < -0.3 is 9.80 Å². The van der Waals surface area contributed by atoms with Crippen LogP contribution in [0.2, 0.25) is 0 Å². The molecule has 0 saturated heterocycles. The predicted molar refractivity (Wildman–Crippen MR) is 189 cm³/mol. The zero-order chi connectivity index (χ0) is 34.4. The first kappa shape index (κ1) is 38.6. The van der Waals surface area contributed by atoms with Crippen molar-refractivity contribution in [2.75, 3.05) is 41.3 Å². The molecule has 0 radical (unpaired) electrons. The van der Waals surface area contributed by atoms with Crippen molar-refractivity contribution in [1.29, 1.82) is 0 Å². The van der Waals surface area contributed by atoms with Gasteiger partial charge in [-0.15, -0.1) is 0 Å². The second-order valence-corrected chi connectivity index (χ2v) is 13.8. The average Bonchev–Trinajstić information content (AvgIpc) is 3.29. The molecule has 0 amide bonds. The van der Waals surface area contributed by atoms with Crippen molar-refractivity contribution in [3.63, 3.8) is 0 Å². The molecule has 250 valence electrons. The Kier molecular flexibility index (Phi) is 13.1. The number of hydrogen-bond donors (Lipinski definition) is 0. The molecule has 2 nitrogen and oxygen atoms in total. The molecule has 0 saturated carbocycles. The second kappa shape index (κ2) is 15.3. The van der Waals surface area contributed by atoms with Gasteiger partial charge in [-0.05, 0) is 111 Å². The maximum Gasteiger partial charge on any atom is 0.402 e. The van der Waals surface area contributed by atoms with Crippen molar-refractivity contribution in [2.45, 2.75) is 97.6 Å². The fraction of sp³-hybridized carbons (Fsp3) is 0.550. The summed E-state index contributed by atoms with van der Waals surface area (Å²) in [4.78, 5) is 4.39. The Balaban J connectivity index is 0.00000169. The molecule has 3 unspecified atom stereocenters. The summed E-state index contributed by atoms with van der Waals surface area (Å²) in [6, 6.07) is 20.7. The number of hydrogen-bond acceptors (Lipinski definition) is 2. The van der Waals surface area contributed by atoms with Gasteiger partial charge in [0.05, 0.1) is 0 Å². The lowest BCUT2D eigenvalue weighted by Gasteiger charge is -2.41. The molecule has 4 rings (SSSR count). The lowest BCUT2D eigenvalue weighted by atomic mass is 9.64. The van der Waals surface area contributed by atoms with E-state index in [9.17, 15) is 0 Å². The Hall–Kier alpha value is -2.63. The minimum absolute atomic E-state index is 0.0444. The molecule has 0 aromatic heterocycles. The normalized spacial score (nSPS) is 17.8. The summed E-state index contributed by atoms with van der Waals surface area (Å²) < 4.78 is 45.2. The van der Waals surface area contributed by atoms with E-state index in [0.29, 0.717) is 5.56 Å². The van der Waals surface area contributed by atoms with E-state index < -0.39 is 17.0 Å². The molecule has 0 N–H and O–H groups in total. The first-order valence-electron chi connectivity index (χ1n) is 16.8. The van der Waals surface area contributed by atoms with Gasteiger partial charge in [-0.2, -0.15) is 13.2 Å². The summed E-state index contributed by atoms with van der Waals surface area (Å²) in [5.41, 5.74) is 3.75. The van der Waals surface area contributed by atoms with Crippen LogP contribution in [0.3, 0.4) is 0 Å². The molecule has 1 aliphatic carbocycles. The molecule has 3 aromatic rings. The lowest BCUT2D eigenvalue weighted by molar-refractivity contribution is -0.173. The summed E-state index contributed by atoms with van der Waals surface area (Å²) in [5, 5.41) is 0. The Morgan fingerprint density at radius 3 is 1.56 bits per heavy atom. The van der Waals surface area contributed by atoms with Crippen LogP contribution in [0.4, 0.5) is 13.2 Å². The van der Waals surface area contributed by atoms with Gasteiger partial charge >= 0.3 is 6.18 Å². The zero-order valence-electron chi connectivity index (χ0n) is 30.3. The monoisotopic (exact) mass is 624 g/mol. The van der Waals surface area contributed by atoms with Crippen LogP contribution in [-0.2, 0) is 16.2 Å². The molecule has 0 spiro atoms. The van der Waals surface area contributed by atoms with Gasteiger partial charge in [0.2, 0.25) is 0 Å². The van der Waals surface area contributed by atoms with Gasteiger partial charge in [0.15, 0.2) is 0 Å². The summed E-state index contributed by atoms with van der Waals surface area (Å²) in [5.74, 6) is 0.212. The molecular formula is C40H59F3N2. The van der Waals surface area contributed by atoms with Crippen molar-refractivity contribution in [3.8, 4) is 11.1 Å². The van der Waals surface area contributed by atoms with E-state index >= 15 is 13.2 Å². The molecule has 5 heteroatoms. The fourth-order valence-corrected chi connectivity index (χ4v) is 6.63. The van der Waals surface area contributed by atoms with Crippen LogP contribution in [0.25, 0.3) is 11.1 Å². The highest BCUT2D eigenvalue weighted by Gasteiger charge is 2.55. The number of halogens is 3. The van der Waals surface area contributed by atoms with E-state index in [1.54, 1.807) is 36.4 Å². The van der Waals surface area contributed by atoms with Crippen LogP contribution in [0.1, 0.15) is 103 Å². The van der Waals surface area contributed by atoms with E-state index in [1.165, 1.54) is 18.1 Å². The largest absolute Gasteiger partial charge is 0.402 e. The number of alkyl halides is 3. The van der Waals surface area contributed by atoms with Crippen LogP contribution in [0, 0.1) is 5.92 Å². The first-order chi connectivity index (χ1) is 21.0. The summed E-state index contributed by atoms with van der Waals surface area (Å²) in [7, 11) is 8.32. The Morgan fingerprint density at radius 2 is 1.11 bits per heavy atom. The topological polar surface area (TPSA) is 6.48 Å². The van der Waals surface area contributed by atoms with Gasteiger partial charge in [-0.3, -0.25) is 0 Å². The predicted octanol–water partition coefficient (Wildman–Crippen LogP) is 10.7. The minimum Gasteiger partial charge on any atom is -0.309 e. The highest BCUT2D eigenvalue weighted by Crippen LogP contribution is 2.58. The molecule has 3 atom stereocenters. The number of rotatable bonds is 9. The van der Waals surface area contributed by atoms with Gasteiger partial charge in [0.1, 0.15) is 5.41 Å². The SMILES string of the molecule is CC.CC.CC(CCN(C)C)C1(CCN(C)C)c2cc(C(C)(C)C)ccc2-c2ccc(C(C)(c3ccccc3)C(F)(F)F)cc21. The molecule has 0 fully saturated rings. The molecule has 0 aliphatic heterocycles. The molecule has 45 heavy (non-hydrogen) atoms. The van der Waals surface area contributed by atoms with E-state index in [1.807, 2.05) is 39.8 Å². The maximum absolute atomic E-state index is 15.1. The van der Waals surface area contributed by atoms with Crippen LogP contribution in [0.5, 0.6) is 0 Å². The third-order valence-corrected chi connectivity index (χ3v) is 9.46. The van der Waals surface area contributed by atoms with Crippen LogP contribution < -0.4 is 0 Å². The number of fused-ring (bicyclic) bond motifs is 3. The van der Waals surface area contributed by atoms with Crippen molar-refractivity contribution < 1.29 is 13.2 Å². The third-order valence-electron chi connectivity index (χ3n) is 9.46. The fourth-order valence-electron chi connectivity index (χ4n) is 6.63. The van der Waals surface area contributed by atoms with E-state index in [-0.39, 0.29) is 16.9 Å². The van der Waals surface area contributed by atoms with Crippen molar-refractivity contribution in [2.24, 2.45) is 5.92 Å². The highest BCUT2D eigenvalue weighted by atomic mass is 19.4. The van der Waals surface area contributed by atoms with Gasteiger partial charge in [0, 0.05) is 5.41 Å². The van der Waals surface area contributed by atoms with E-state index in [4.69, 9.17) is 0 Å². The Bertz CT molecular complexity index is 1350. The maximum atomic E-state index is 15.1. The smallest absolute Gasteiger partial charge is 0.309 e. The Morgan fingerprint density at radius 1 is 0.644 bits per heavy atom. The van der Waals surface area contributed by atoms with E-state index in [2.05, 4.69) is 83.9 Å². The summed E-state index contributed by atoms with van der Waals surface area (Å²) in [6.07, 6.45) is -2.69. The van der Waals surface area contributed by atoms with Gasteiger partial charge in [0.25, 0.3) is 0 Å². The van der Waals surface area contributed by atoms with Crippen molar-refractivity contribution >= 4 is 0 Å². The number of benzene rings is 3. The highest BCUT2D eigenvalue weighted by molar-refractivity contribution is 5.82. The molecule has 0 heterocycles. The molecular weight excluding hydrogens is 565 g/mol. The molecule has 3 aromatic carbocycles. The number of nitrogens with zero attached hydrogens (tertiary/aromatic N) is 2. The van der Waals surface area contributed by atoms with Gasteiger partial charge in [-0.1, -0.05) is 122 Å². The average molecular weight is 625 g/mol. The quantitative estimate of drug-likeness (QED) is 0.234. The molecule has 0 bridgehead atoms. The van der Waals surface area contributed by atoms with Gasteiger partial charge in [-0.25, -0.2) is 0 Å². The Labute approximate surface area is 273 Å². The van der Waals surface area contributed by atoms with Crippen LogP contribution in [0.15, 0.2) is 66.7 Å². The van der Waals surface area contributed by atoms with Crippen molar-refractivity contribution in [3.05, 3.63) is 94.5 Å². The summed E-state index contributed by atoms with van der Waals surface area (Å²) >= 11 is 0. The first-order valence-corrected chi connectivity index (χ1v) is 16.8. The lowest BCUT2D eigenvalue weighted by Crippen LogP contribution is -2.41. The van der Waals surface area contributed by atoms with E-state index in [0.717, 1.165) is 42.6 Å².